The molecule has 0 aromatic heterocycles. The maximum atomic E-state index is 12.2. The fourth-order valence-corrected chi connectivity index (χ4v) is 3.18. The zero-order valence-electron chi connectivity index (χ0n) is 10.1. The van der Waals surface area contributed by atoms with Crippen LogP contribution in [0.15, 0.2) is 53.4 Å². The number of aromatic carboxylic acids is 1. The Bertz CT molecular complexity index is 744. The number of hydrogen-bond acceptors (Lipinski definition) is 3. The van der Waals surface area contributed by atoms with Crippen LogP contribution >= 0.6 is 22.6 Å². The molecular weight excluding hydrogens is 393 g/mol. The van der Waals surface area contributed by atoms with Crippen molar-refractivity contribution in [2.75, 3.05) is 4.72 Å². The number of nitrogens with one attached hydrogen (secondary N) is 1. The van der Waals surface area contributed by atoms with Crippen LogP contribution in [-0.2, 0) is 10.0 Å². The summed E-state index contributed by atoms with van der Waals surface area (Å²) in [5.41, 5.74) is -0.0434. The van der Waals surface area contributed by atoms with Crippen LogP contribution in [-0.4, -0.2) is 19.5 Å². The summed E-state index contributed by atoms with van der Waals surface area (Å²) in [6, 6.07) is 12.3. The molecule has 7 heteroatoms. The molecule has 2 N–H and O–H groups in total. The van der Waals surface area contributed by atoms with E-state index in [-0.39, 0.29) is 16.1 Å². The molecule has 0 unspecified atom stereocenters. The molecule has 0 aliphatic heterocycles. The highest BCUT2D eigenvalue weighted by molar-refractivity contribution is 14.1. The number of halogens is 1. The van der Waals surface area contributed by atoms with Crippen molar-refractivity contribution in [2.24, 2.45) is 0 Å². The van der Waals surface area contributed by atoms with Gasteiger partial charge in [-0.15, -0.1) is 0 Å². The van der Waals surface area contributed by atoms with Crippen LogP contribution < -0.4 is 4.72 Å². The Kier molecular flexibility index (Phi) is 4.29. The van der Waals surface area contributed by atoms with Crippen LogP contribution in [0.2, 0.25) is 0 Å². The van der Waals surface area contributed by atoms with Crippen molar-refractivity contribution in [3.05, 3.63) is 57.7 Å². The molecule has 2 aromatic rings. The number of anilines is 1. The van der Waals surface area contributed by atoms with Crippen LogP contribution in [0, 0.1) is 3.57 Å². The molecule has 0 heterocycles. The zero-order valence-corrected chi connectivity index (χ0v) is 13.1. The normalized spacial score (nSPS) is 11.1. The summed E-state index contributed by atoms with van der Waals surface area (Å²) in [5, 5.41) is 9.12. The maximum Gasteiger partial charge on any atom is 0.337 e. The number of rotatable bonds is 4. The third-order valence-corrected chi connectivity index (χ3v) is 4.56. The van der Waals surface area contributed by atoms with Gasteiger partial charge in [-0.25, -0.2) is 13.2 Å². The molecule has 2 aromatic carbocycles. The highest BCUT2D eigenvalue weighted by Gasteiger charge is 2.18. The van der Waals surface area contributed by atoms with Crippen LogP contribution in [0.3, 0.4) is 0 Å². The Hall–Kier alpha value is -1.61. The second-order valence-electron chi connectivity index (χ2n) is 3.91. The first-order valence-corrected chi connectivity index (χ1v) is 8.07. The number of carboxylic acid groups (broad SMARTS) is 1. The lowest BCUT2D eigenvalue weighted by Gasteiger charge is -2.10. The molecule has 104 valence electrons. The van der Waals surface area contributed by atoms with Crippen LogP contribution in [0.4, 0.5) is 5.69 Å². The standard InChI is InChI=1S/C13H10INO4S/c14-9-6-7-12(11(8-9)13(16)17)15-20(18,19)10-4-2-1-3-5-10/h1-8,15H,(H,16,17). The minimum Gasteiger partial charge on any atom is -0.478 e. The Morgan fingerprint density at radius 1 is 1.10 bits per heavy atom. The SMILES string of the molecule is O=C(O)c1cc(I)ccc1NS(=O)(=O)c1ccccc1. The second-order valence-corrected chi connectivity index (χ2v) is 6.84. The van der Waals surface area contributed by atoms with Gasteiger partial charge in [0, 0.05) is 3.57 Å². The highest BCUT2D eigenvalue weighted by atomic mass is 127. The van der Waals surface area contributed by atoms with Crippen LogP contribution in [0.25, 0.3) is 0 Å². The van der Waals surface area contributed by atoms with Crippen molar-refractivity contribution >= 4 is 44.3 Å². The summed E-state index contributed by atoms with van der Waals surface area (Å²) in [7, 11) is -3.80. The molecule has 0 atom stereocenters. The van der Waals surface area contributed by atoms with E-state index in [1.54, 1.807) is 24.3 Å². The summed E-state index contributed by atoms with van der Waals surface area (Å²) in [6.45, 7) is 0. The minimum atomic E-state index is -3.80. The van der Waals surface area contributed by atoms with E-state index in [1.807, 2.05) is 22.6 Å². The summed E-state index contributed by atoms with van der Waals surface area (Å²) >= 11 is 1.96. The van der Waals surface area contributed by atoms with E-state index in [9.17, 15) is 13.2 Å². The Morgan fingerprint density at radius 3 is 2.35 bits per heavy atom. The first kappa shape index (κ1) is 14.8. The van der Waals surface area contributed by atoms with Gasteiger partial charge in [0.25, 0.3) is 10.0 Å². The average molecular weight is 403 g/mol. The predicted molar refractivity (Wildman–Crippen MR) is 83.4 cm³/mol. The topological polar surface area (TPSA) is 83.5 Å². The third-order valence-electron chi connectivity index (χ3n) is 2.51. The van der Waals surface area contributed by atoms with Crippen molar-refractivity contribution in [2.45, 2.75) is 4.90 Å². The third kappa shape index (κ3) is 3.28. The van der Waals surface area contributed by atoms with Gasteiger partial charge in [-0.05, 0) is 52.9 Å². The predicted octanol–water partition coefficient (Wildman–Crippen LogP) is 2.79. The lowest BCUT2D eigenvalue weighted by molar-refractivity contribution is 0.0698. The Morgan fingerprint density at radius 2 is 1.75 bits per heavy atom. The molecule has 5 nitrogen and oxygen atoms in total. The number of benzene rings is 2. The lowest BCUT2D eigenvalue weighted by Crippen LogP contribution is -2.15. The maximum absolute atomic E-state index is 12.2. The average Bonchev–Trinajstić information content (AvgIpc) is 2.41. The quantitative estimate of drug-likeness (QED) is 0.770. The van der Waals surface area contributed by atoms with Gasteiger partial charge in [-0.1, -0.05) is 18.2 Å². The van der Waals surface area contributed by atoms with Crippen molar-refractivity contribution < 1.29 is 18.3 Å². The summed E-state index contributed by atoms with van der Waals surface area (Å²) in [6.07, 6.45) is 0. The summed E-state index contributed by atoms with van der Waals surface area (Å²) in [4.78, 5) is 11.2. The molecule has 0 aliphatic rings. The lowest BCUT2D eigenvalue weighted by atomic mass is 10.2. The van der Waals surface area contributed by atoms with E-state index >= 15 is 0 Å². The molecule has 0 fully saturated rings. The Balaban J connectivity index is 2.43. The van der Waals surface area contributed by atoms with Gasteiger partial charge in [-0.2, -0.15) is 0 Å². The smallest absolute Gasteiger partial charge is 0.337 e. The summed E-state index contributed by atoms with van der Waals surface area (Å²) in [5.74, 6) is -1.19. The van der Waals surface area contributed by atoms with Gasteiger partial charge in [0.05, 0.1) is 16.1 Å². The van der Waals surface area contributed by atoms with E-state index in [0.717, 1.165) is 0 Å². The molecule has 0 aliphatic carbocycles. The van der Waals surface area contributed by atoms with Crippen molar-refractivity contribution in [3.63, 3.8) is 0 Å². The monoisotopic (exact) mass is 403 g/mol. The van der Waals surface area contributed by atoms with E-state index in [0.29, 0.717) is 3.57 Å². The van der Waals surface area contributed by atoms with Gasteiger partial charge >= 0.3 is 5.97 Å². The molecule has 2 rings (SSSR count). The molecule has 0 spiro atoms. The minimum absolute atomic E-state index is 0.0433. The molecular formula is C13H10INO4S. The summed E-state index contributed by atoms with van der Waals surface area (Å²) < 4.78 is 27.3. The van der Waals surface area contributed by atoms with Gasteiger partial charge in [0.1, 0.15) is 0 Å². The van der Waals surface area contributed by atoms with Crippen molar-refractivity contribution in [1.82, 2.24) is 0 Å². The number of hydrogen-bond donors (Lipinski definition) is 2. The number of carboxylic acids is 1. The first-order valence-electron chi connectivity index (χ1n) is 5.51. The first-order chi connectivity index (χ1) is 9.40. The van der Waals surface area contributed by atoms with Gasteiger partial charge < -0.3 is 5.11 Å². The molecule has 0 amide bonds. The molecule has 0 bridgehead atoms. The fraction of sp³-hybridized carbons (Fsp3) is 0. The van der Waals surface area contributed by atoms with Crippen LogP contribution in [0.1, 0.15) is 10.4 Å². The van der Waals surface area contributed by atoms with Gasteiger partial charge in [0.15, 0.2) is 0 Å². The van der Waals surface area contributed by atoms with Gasteiger partial charge in [0.2, 0.25) is 0 Å². The number of carbonyl (C=O) groups is 1. The van der Waals surface area contributed by atoms with E-state index in [2.05, 4.69) is 4.72 Å². The van der Waals surface area contributed by atoms with Crippen molar-refractivity contribution in [3.8, 4) is 0 Å². The van der Waals surface area contributed by atoms with E-state index in [1.165, 1.54) is 24.3 Å². The van der Waals surface area contributed by atoms with Crippen molar-refractivity contribution in [1.29, 1.82) is 0 Å². The second kappa shape index (κ2) is 5.80. The van der Waals surface area contributed by atoms with E-state index < -0.39 is 16.0 Å². The molecule has 0 saturated carbocycles. The molecule has 0 radical (unpaired) electrons. The van der Waals surface area contributed by atoms with Crippen LogP contribution in [0.5, 0.6) is 0 Å². The largest absolute Gasteiger partial charge is 0.478 e. The zero-order chi connectivity index (χ0) is 14.8. The highest BCUT2D eigenvalue weighted by Crippen LogP contribution is 2.22. The van der Waals surface area contributed by atoms with Gasteiger partial charge in [-0.3, -0.25) is 4.72 Å². The molecule has 0 saturated heterocycles. The number of sulfonamides is 1. The Labute approximate surface area is 129 Å². The molecule has 20 heavy (non-hydrogen) atoms. The van der Waals surface area contributed by atoms with E-state index in [4.69, 9.17) is 5.11 Å². The fourth-order valence-electron chi connectivity index (χ4n) is 1.59.